The summed E-state index contributed by atoms with van der Waals surface area (Å²) < 4.78 is 34.1. The second-order valence-electron chi connectivity index (χ2n) is 10.5. The molecule has 0 radical (unpaired) electrons. The average molecular weight is 441 g/mol. The number of halogens is 2. The van der Waals surface area contributed by atoms with Gasteiger partial charge in [0, 0.05) is 0 Å². The molecule has 0 heterocycles. The predicted octanol–water partition coefficient (Wildman–Crippen LogP) is 8.69. The number of rotatable bonds is 7. The summed E-state index contributed by atoms with van der Waals surface area (Å²) in [5.74, 6) is 3.84. The first-order valence-corrected chi connectivity index (χ1v) is 12.6. The number of benzene rings is 2. The third kappa shape index (κ3) is 6.11. The van der Waals surface area contributed by atoms with Crippen LogP contribution in [0.25, 0.3) is 0 Å². The molecule has 2 aliphatic rings. The molecule has 0 aliphatic heterocycles. The summed E-state index contributed by atoms with van der Waals surface area (Å²) in [4.78, 5) is 0. The Morgan fingerprint density at radius 1 is 0.781 bits per heavy atom. The maximum Gasteiger partial charge on any atom is 0.426 e. The third-order valence-corrected chi connectivity index (χ3v) is 8.02. The number of alkyl halides is 2. The fourth-order valence-electron chi connectivity index (χ4n) is 5.76. The van der Waals surface area contributed by atoms with Gasteiger partial charge in [-0.2, -0.15) is 8.78 Å². The molecular weight excluding hydrogens is 402 g/mol. The molecule has 0 bridgehead atoms. The number of ether oxygens (including phenoxy) is 1. The zero-order valence-corrected chi connectivity index (χ0v) is 19.7. The second kappa shape index (κ2) is 10.4. The molecule has 2 aliphatic carbocycles. The minimum absolute atomic E-state index is 0.0934. The quantitative estimate of drug-likeness (QED) is 0.418. The largest absolute Gasteiger partial charge is 0.429 e. The van der Waals surface area contributed by atoms with Gasteiger partial charge < -0.3 is 4.74 Å². The van der Waals surface area contributed by atoms with Crippen LogP contribution < -0.4 is 4.74 Å². The van der Waals surface area contributed by atoms with Gasteiger partial charge in [-0.25, -0.2) is 0 Å². The standard InChI is InChI=1S/C29H38F2O/c1-21-3-13-25(14-4-21)26-15-9-23(10-16-26)7-8-24-11-17-27(18-12-24)29(30,31)32-28-19-5-22(2)6-20-28/h5-6,11-12,17-21,23,25-26H,3-4,7-10,13-16H2,1-2H3. The van der Waals surface area contributed by atoms with Gasteiger partial charge in [-0.3, -0.25) is 0 Å². The van der Waals surface area contributed by atoms with Gasteiger partial charge in [0.15, 0.2) is 0 Å². The Bertz CT molecular complexity index is 826. The van der Waals surface area contributed by atoms with E-state index >= 15 is 0 Å². The molecule has 4 rings (SSSR count). The summed E-state index contributed by atoms with van der Waals surface area (Å²) in [5, 5.41) is 0. The highest BCUT2D eigenvalue weighted by Gasteiger charge is 2.34. The number of hydrogen-bond acceptors (Lipinski definition) is 1. The molecule has 0 N–H and O–H groups in total. The first kappa shape index (κ1) is 23.3. The number of hydrogen-bond donors (Lipinski definition) is 0. The predicted molar refractivity (Wildman–Crippen MR) is 127 cm³/mol. The van der Waals surface area contributed by atoms with Gasteiger partial charge in [-0.05, 0) is 98.9 Å². The van der Waals surface area contributed by atoms with E-state index < -0.39 is 6.11 Å². The molecule has 1 nitrogen and oxygen atoms in total. The molecule has 0 atom stereocenters. The van der Waals surface area contributed by atoms with E-state index in [0.29, 0.717) is 0 Å². The number of aryl methyl sites for hydroxylation is 2. The topological polar surface area (TPSA) is 9.23 Å². The Morgan fingerprint density at radius 3 is 1.94 bits per heavy atom. The molecule has 3 heteroatoms. The van der Waals surface area contributed by atoms with E-state index in [1.54, 1.807) is 24.3 Å². The van der Waals surface area contributed by atoms with E-state index in [4.69, 9.17) is 4.74 Å². The molecule has 0 spiro atoms. The van der Waals surface area contributed by atoms with Crippen LogP contribution in [0.5, 0.6) is 5.75 Å². The molecule has 2 saturated carbocycles. The monoisotopic (exact) mass is 440 g/mol. The molecule has 2 fully saturated rings. The Kier molecular flexibility index (Phi) is 7.53. The maximum absolute atomic E-state index is 14.5. The van der Waals surface area contributed by atoms with E-state index in [1.807, 2.05) is 19.1 Å². The summed E-state index contributed by atoms with van der Waals surface area (Å²) >= 11 is 0. The van der Waals surface area contributed by atoms with Crippen LogP contribution in [0.15, 0.2) is 48.5 Å². The molecule has 0 aromatic heterocycles. The Hall–Kier alpha value is -1.90. The Balaban J connectivity index is 1.23. The summed E-state index contributed by atoms with van der Waals surface area (Å²) in [7, 11) is 0. The molecule has 0 amide bonds. The summed E-state index contributed by atoms with van der Waals surface area (Å²) in [6.07, 6.45) is 10.0. The lowest BCUT2D eigenvalue weighted by Crippen LogP contribution is -2.25. The van der Waals surface area contributed by atoms with Crippen LogP contribution in [0.1, 0.15) is 81.4 Å². The van der Waals surface area contributed by atoms with Crippen LogP contribution in [0, 0.1) is 30.6 Å². The van der Waals surface area contributed by atoms with Crippen LogP contribution in [0.2, 0.25) is 0 Å². The van der Waals surface area contributed by atoms with Crippen molar-refractivity contribution in [2.45, 2.75) is 84.2 Å². The molecule has 0 unspecified atom stereocenters. The zero-order valence-electron chi connectivity index (χ0n) is 19.7. The van der Waals surface area contributed by atoms with Gasteiger partial charge in [-0.1, -0.05) is 62.4 Å². The van der Waals surface area contributed by atoms with Crippen LogP contribution >= 0.6 is 0 Å². The molecule has 2 aromatic rings. The first-order valence-electron chi connectivity index (χ1n) is 12.6. The maximum atomic E-state index is 14.5. The molecule has 32 heavy (non-hydrogen) atoms. The van der Waals surface area contributed by atoms with Gasteiger partial charge in [0.05, 0.1) is 5.56 Å². The minimum Gasteiger partial charge on any atom is -0.429 e. The van der Waals surface area contributed by atoms with Crippen LogP contribution in [-0.4, -0.2) is 0 Å². The van der Waals surface area contributed by atoms with E-state index in [1.165, 1.54) is 69.9 Å². The Morgan fingerprint density at radius 2 is 1.34 bits per heavy atom. The van der Waals surface area contributed by atoms with Gasteiger partial charge >= 0.3 is 6.11 Å². The van der Waals surface area contributed by atoms with Gasteiger partial charge in [0.2, 0.25) is 0 Å². The Labute approximate surface area is 192 Å². The van der Waals surface area contributed by atoms with Crippen LogP contribution in [0.3, 0.4) is 0 Å². The van der Waals surface area contributed by atoms with E-state index in [9.17, 15) is 8.78 Å². The van der Waals surface area contributed by atoms with Crippen LogP contribution in [0.4, 0.5) is 8.78 Å². The SMILES string of the molecule is Cc1ccc(OC(F)(F)c2ccc(CCC3CCC(C4CCC(C)CC4)CC3)cc2)cc1. The van der Waals surface area contributed by atoms with Crippen molar-refractivity contribution in [1.82, 2.24) is 0 Å². The molecule has 174 valence electrons. The highest BCUT2D eigenvalue weighted by Crippen LogP contribution is 2.42. The van der Waals surface area contributed by atoms with Gasteiger partial charge in [0.1, 0.15) is 5.75 Å². The van der Waals surface area contributed by atoms with Crippen molar-refractivity contribution in [2.75, 3.05) is 0 Å². The fraction of sp³-hybridized carbons (Fsp3) is 0.586. The normalized spacial score (nSPS) is 26.6. The zero-order chi connectivity index (χ0) is 22.6. The highest BCUT2D eigenvalue weighted by molar-refractivity contribution is 5.29. The molecule has 0 saturated heterocycles. The van der Waals surface area contributed by atoms with Crippen molar-refractivity contribution >= 4 is 0 Å². The lowest BCUT2D eigenvalue weighted by Gasteiger charge is -2.37. The highest BCUT2D eigenvalue weighted by atomic mass is 19.3. The van der Waals surface area contributed by atoms with E-state index in [-0.39, 0.29) is 11.3 Å². The lowest BCUT2D eigenvalue weighted by molar-refractivity contribution is -0.185. The van der Waals surface area contributed by atoms with Crippen molar-refractivity contribution in [3.05, 3.63) is 65.2 Å². The van der Waals surface area contributed by atoms with E-state index in [2.05, 4.69) is 6.92 Å². The van der Waals surface area contributed by atoms with E-state index in [0.717, 1.165) is 41.2 Å². The first-order chi connectivity index (χ1) is 15.4. The smallest absolute Gasteiger partial charge is 0.426 e. The minimum atomic E-state index is -3.33. The second-order valence-corrected chi connectivity index (χ2v) is 10.5. The summed E-state index contributed by atoms with van der Waals surface area (Å²) in [6.45, 7) is 4.32. The lowest BCUT2D eigenvalue weighted by atomic mass is 9.69. The van der Waals surface area contributed by atoms with Crippen molar-refractivity contribution in [1.29, 1.82) is 0 Å². The summed E-state index contributed by atoms with van der Waals surface area (Å²) in [5.41, 5.74) is 2.06. The van der Waals surface area contributed by atoms with Crippen molar-refractivity contribution in [3.8, 4) is 5.75 Å². The summed E-state index contributed by atoms with van der Waals surface area (Å²) in [6, 6.07) is 13.4. The van der Waals surface area contributed by atoms with Crippen molar-refractivity contribution < 1.29 is 13.5 Å². The van der Waals surface area contributed by atoms with Crippen molar-refractivity contribution in [3.63, 3.8) is 0 Å². The molecular formula is C29H38F2O. The van der Waals surface area contributed by atoms with Gasteiger partial charge in [-0.15, -0.1) is 0 Å². The van der Waals surface area contributed by atoms with Crippen LogP contribution in [-0.2, 0) is 12.5 Å². The average Bonchev–Trinajstić information content (AvgIpc) is 2.80. The third-order valence-electron chi connectivity index (χ3n) is 8.02. The molecule has 2 aromatic carbocycles. The fourth-order valence-corrected chi connectivity index (χ4v) is 5.76. The van der Waals surface area contributed by atoms with Crippen molar-refractivity contribution in [2.24, 2.45) is 23.7 Å². The van der Waals surface area contributed by atoms with Gasteiger partial charge in [0.25, 0.3) is 0 Å².